The molecule has 2 aromatic heterocycles. The van der Waals surface area contributed by atoms with Crippen LogP contribution in [0, 0.1) is 0 Å². The molecule has 8 N–H and O–H groups in total. The van der Waals surface area contributed by atoms with Crippen LogP contribution in [0.2, 0.25) is 0 Å². The first-order valence-electron chi connectivity index (χ1n) is 12.3. The molecule has 15 heteroatoms. The summed E-state index contributed by atoms with van der Waals surface area (Å²) >= 11 is 1.29. The zero-order valence-corrected chi connectivity index (χ0v) is 22.6. The van der Waals surface area contributed by atoms with E-state index >= 15 is 0 Å². The molecule has 0 bridgehead atoms. The number of benzene rings is 1. The average Bonchev–Trinajstić information content (AvgIpc) is 3.31. The second kappa shape index (κ2) is 14.6. The third-order valence-electron chi connectivity index (χ3n) is 5.25. The van der Waals surface area contributed by atoms with Gasteiger partial charge in [0.05, 0.1) is 18.5 Å². The van der Waals surface area contributed by atoms with Gasteiger partial charge in [0.1, 0.15) is 22.4 Å². The fourth-order valence-electron chi connectivity index (χ4n) is 3.50. The van der Waals surface area contributed by atoms with Crippen molar-refractivity contribution in [2.75, 3.05) is 11.1 Å². The summed E-state index contributed by atoms with van der Waals surface area (Å²) in [7, 11) is 0. The van der Waals surface area contributed by atoms with Gasteiger partial charge in [0.25, 0.3) is 0 Å². The number of nitrogen functional groups attached to an aromatic ring is 1. The molecule has 0 aliphatic heterocycles. The van der Waals surface area contributed by atoms with Crippen molar-refractivity contribution in [1.29, 1.82) is 0 Å². The number of hydrogen-bond donors (Lipinski definition) is 5. The summed E-state index contributed by atoms with van der Waals surface area (Å²) in [6, 6.07) is 10.2. The molecule has 0 fully saturated rings. The SMILES string of the molecule is N/C(=C\C=C(/N)NC(=O)Cc1cccc(OC(F)(F)F)c1)CCCCc1nnc(NC(=O)Cc2cccc(N)n2)s1. The Bertz CT molecular complexity index is 1410. The third kappa shape index (κ3) is 11.9. The van der Waals surface area contributed by atoms with E-state index in [4.69, 9.17) is 17.2 Å². The molecule has 0 saturated carbocycles. The number of nitrogens with zero attached hydrogens (tertiary/aromatic N) is 3. The standard InChI is InChI=1S/C26H29F3N8O3S/c27-26(28,29)40-19-8-3-5-16(13-19)14-22(38)34-21(32)12-11-17(30)6-1-2-10-24-36-37-25(41-24)35-23(39)15-18-7-4-9-20(31)33-18/h3-5,7-9,11-13H,1-2,6,10,14-15,30,32H2,(H2,31,33)(H,34,38)(H,35,37,39)/b17-11-,21-12+. The fraction of sp³-hybridized carbons (Fsp3) is 0.269. The summed E-state index contributed by atoms with van der Waals surface area (Å²) < 4.78 is 41.0. The molecule has 2 heterocycles. The quantitative estimate of drug-likeness (QED) is 0.147. The molecular formula is C26H29F3N8O3S. The number of ether oxygens (including phenoxy) is 1. The highest BCUT2D eigenvalue weighted by molar-refractivity contribution is 7.15. The fourth-order valence-corrected chi connectivity index (χ4v) is 4.30. The van der Waals surface area contributed by atoms with Crippen molar-refractivity contribution in [3.63, 3.8) is 0 Å². The van der Waals surface area contributed by atoms with Crippen molar-refractivity contribution in [2.24, 2.45) is 11.5 Å². The molecular weight excluding hydrogens is 561 g/mol. The summed E-state index contributed by atoms with van der Waals surface area (Å²) in [5.41, 5.74) is 18.9. The zero-order chi connectivity index (χ0) is 29.8. The highest BCUT2D eigenvalue weighted by Gasteiger charge is 2.31. The van der Waals surface area contributed by atoms with Gasteiger partial charge < -0.3 is 32.6 Å². The second-order valence-electron chi connectivity index (χ2n) is 8.77. The number of allylic oxidation sites excluding steroid dienone is 3. The number of carbonyl (C=O) groups excluding carboxylic acids is 2. The van der Waals surface area contributed by atoms with E-state index in [0.29, 0.717) is 40.7 Å². The van der Waals surface area contributed by atoms with Crippen molar-refractivity contribution in [3.8, 4) is 5.75 Å². The van der Waals surface area contributed by atoms with Gasteiger partial charge in [-0.15, -0.1) is 23.4 Å². The summed E-state index contributed by atoms with van der Waals surface area (Å²) in [6.07, 6.45) is 0.815. The van der Waals surface area contributed by atoms with Gasteiger partial charge in [-0.05, 0) is 61.2 Å². The lowest BCUT2D eigenvalue weighted by atomic mass is 10.1. The van der Waals surface area contributed by atoms with Crippen molar-refractivity contribution in [3.05, 3.63) is 82.4 Å². The Morgan fingerprint density at radius 2 is 1.78 bits per heavy atom. The van der Waals surface area contributed by atoms with Crippen LogP contribution in [-0.4, -0.2) is 33.4 Å². The number of rotatable bonds is 13. The third-order valence-corrected chi connectivity index (χ3v) is 6.15. The molecule has 0 unspecified atom stereocenters. The molecule has 218 valence electrons. The Kier molecular flexibility index (Phi) is 11.0. The van der Waals surface area contributed by atoms with E-state index in [2.05, 4.69) is 30.6 Å². The Morgan fingerprint density at radius 3 is 2.54 bits per heavy atom. The number of carbonyl (C=O) groups is 2. The summed E-state index contributed by atoms with van der Waals surface area (Å²) in [5, 5.41) is 14.4. The highest BCUT2D eigenvalue weighted by Crippen LogP contribution is 2.23. The molecule has 11 nitrogen and oxygen atoms in total. The summed E-state index contributed by atoms with van der Waals surface area (Å²) in [4.78, 5) is 28.5. The lowest BCUT2D eigenvalue weighted by Crippen LogP contribution is -2.28. The second-order valence-corrected chi connectivity index (χ2v) is 9.83. The minimum absolute atomic E-state index is 0.0376. The maximum absolute atomic E-state index is 12.4. The van der Waals surface area contributed by atoms with Gasteiger partial charge in [0.2, 0.25) is 16.9 Å². The van der Waals surface area contributed by atoms with Crippen LogP contribution in [0.3, 0.4) is 0 Å². The van der Waals surface area contributed by atoms with E-state index in [-0.39, 0.29) is 24.6 Å². The van der Waals surface area contributed by atoms with E-state index in [1.165, 1.54) is 29.5 Å². The smallest absolute Gasteiger partial charge is 0.406 e. The number of anilines is 2. The van der Waals surface area contributed by atoms with Crippen LogP contribution in [0.4, 0.5) is 24.1 Å². The largest absolute Gasteiger partial charge is 0.573 e. The van der Waals surface area contributed by atoms with E-state index in [1.807, 2.05) is 0 Å². The van der Waals surface area contributed by atoms with Crippen molar-refractivity contribution in [1.82, 2.24) is 20.5 Å². The zero-order valence-electron chi connectivity index (χ0n) is 21.8. The number of pyridine rings is 1. The maximum Gasteiger partial charge on any atom is 0.573 e. The lowest BCUT2D eigenvalue weighted by molar-refractivity contribution is -0.274. The molecule has 3 aromatic rings. The van der Waals surface area contributed by atoms with Gasteiger partial charge in [-0.2, -0.15) is 0 Å². The van der Waals surface area contributed by atoms with Crippen molar-refractivity contribution >= 4 is 34.1 Å². The number of halogens is 3. The van der Waals surface area contributed by atoms with Crippen LogP contribution < -0.4 is 32.6 Å². The summed E-state index contributed by atoms with van der Waals surface area (Å²) in [6.45, 7) is 0. The molecule has 0 saturated heterocycles. The van der Waals surface area contributed by atoms with Gasteiger partial charge in [0, 0.05) is 12.1 Å². The number of alkyl halides is 3. The maximum atomic E-state index is 12.4. The van der Waals surface area contributed by atoms with E-state index < -0.39 is 18.0 Å². The van der Waals surface area contributed by atoms with Crippen LogP contribution in [0.5, 0.6) is 5.75 Å². The van der Waals surface area contributed by atoms with Gasteiger partial charge in [-0.3, -0.25) is 9.59 Å². The van der Waals surface area contributed by atoms with Gasteiger partial charge in [0.15, 0.2) is 0 Å². The Morgan fingerprint density at radius 1 is 1.00 bits per heavy atom. The number of nitrogens with one attached hydrogen (secondary N) is 2. The van der Waals surface area contributed by atoms with E-state index in [1.54, 1.807) is 24.3 Å². The molecule has 41 heavy (non-hydrogen) atoms. The summed E-state index contributed by atoms with van der Waals surface area (Å²) in [5.74, 6) is -0.809. The first-order chi connectivity index (χ1) is 19.4. The van der Waals surface area contributed by atoms with Crippen molar-refractivity contribution < 1.29 is 27.5 Å². The van der Waals surface area contributed by atoms with Crippen LogP contribution >= 0.6 is 11.3 Å². The number of aromatic nitrogens is 3. The molecule has 3 rings (SSSR count). The number of unbranched alkanes of at least 4 members (excludes halogenated alkanes) is 1. The monoisotopic (exact) mass is 590 g/mol. The molecule has 0 radical (unpaired) electrons. The Labute approximate surface area is 237 Å². The Hall–Kier alpha value is -4.66. The molecule has 0 atom stereocenters. The first-order valence-corrected chi connectivity index (χ1v) is 13.2. The predicted octanol–water partition coefficient (Wildman–Crippen LogP) is 3.31. The molecule has 0 aliphatic rings. The lowest BCUT2D eigenvalue weighted by Gasteiger charge is -2.10. The number of nitrogens with two attached hydrogens (primary N) is 3. The van der Waals surface area contributed by atoms with Crippen LogP contribution in [0.1, 0.15) is 35.5 Å². The number of hydrogen-bond acceptors (Lipinski definition) is 10. The molecule has 2 amide bonds. The number of amides is 2. The minimum atomic E-state index is -4.82. The molecule has 0 aliphatic carbocycles. The van der Waals surface area contributed by atoms with Crippen molar-refractivity contribution in [2.45, 2.75) is 44.9 Å². The topological polar surface area (TPSA) is 184 Å². The van der Waals surface area contributed by atoms with Gasteiger partial charge in [-0.25, -0.2) is 4.98 Å². The van der Waals surface area contributed by atoms with Crippen LogP contribution in [0.25, 0.3) is 0 Å². The highest BCUT2D eigenvalue weighted by atomic mass is 32.1. The normalized spacial score (nSPS) is 12.2. The average molecular weight is 591 g/mol. The van der Waals surface area contributed by atoms with Gasteiger partial charge >= 0.3 is 6.36 Å². The minimum Gasteiger partial charge on any atom is -0.406 e. The van der Waals surface area contributed by atoms with E-state index in [9.17, 15) is 22.8 Å². The van der Waals surface area contributed by atoms with E-state index in [0.717, 1.165) is 30.0 Å². The predicted molar refractivity (Wildman–Crippen MR) is 148 cm³/mol. The van der Waals surface area contributed by atoms with Crippen LogP contribution in [-0.2, 0) is 28.9 Å². The first kappa shape index (κ1) is 30.9. The molecule has 1 aromatic carbocycles. The molecule has 0 spiro atoms. The Balaban J connectivity index is 1.36. The van der Waals surface area contributed by atoms with Gasteiger partial charge in [-0.1, -0.05) is 29.5 Å². The van der Waals surface area contributed by atoms with Crippen LogP contribution in [0.15, 0.2) is 66.1 Å². The number of aryl methyl sites for hydroxylation is 1.